The highest BCUT2D eigenvalue weighted by Crippen LogP contribution is 2.34. The molecule has 7 heteroatoms. The van der Waals surface area contributed by atoms with E-state index in [1.165, 1.54) is 12.1 Å². The summed E-state index contributed by atoms with van der Waals surface area (Å²) in [6, 6.07) is 18.6. The summed E-state index contributed by atoms with van der Waals surface area (Å²) < 4.78 is 44.3. The van der Waals surface area contributed by atoms with Crippen LogP contribution in [-0.4, -0.2) is 5.91 Å². The van der Waals surface area contributed by atoms with Crippen LogP contribution in [0.15, 0.2) is 72.8 Å². The van der Waals surface area contributed by atoms with Gasteiger partial charge in [0.15, 0.2) is 0 Å². The highest BCUT2D eigenvalue weighted by atomic mass is 35.5. The van der Waals surface area contributed by atoms with Crippen molar-refractivity contribution in [3.63, 3.8) is 0 Å². The predicted molar refractivity (Wildman–Crippen MR) is 102 cm³/mol. The third-order valence-electron chi connectivity index (χ3n) is 3.89. The first-order valence-corrected chi connectivity index (χ1v) is 8.65. The third kappa shape index (κ3) is 5.04. The fraction of sp³-hybridized carbons (Fsp3) is 0.0952. The minimum absolute atomic E-state index is 0.0119. The molecule has 0 spiro atoms. The normalized spacial score (nSPS) is 11.1. The number of carbonyl (C=O) groups excluding carboxylic acids is 1. The van der Waals surface area contributed by atoms with Gasteiger partial charge in [0.2, 0.25) is 0 Å². The molecule has 28 heavy (non-hydrogen) atoms. The summed E-state index contributed by atoms with van der Waals surface area (Å²) in [6.07, 6.45) is -4.53. The van der Waals surface area contributed by atoms with Gasteiger partial charge in [0.05, 0.1) is 16.3 Å². The molecule has 0 unspecified atom stereocenters. The lowest BCUT2D eigenvalue weighted by Crippen LogP contribution is -2.13. The van der Waals surface area contributed by atoms with E-state index < -0.39 is 17.6 Å². The average molecular weight is 406 g/mol. The molecule has 0 saturated heterocycles. The van der Waals surface area contributed by atoms with E-state index in [0.717, 1.165) is 23.8 Å². The maximum absolute atomic E-state index is 12.9. The Morgan fingerprint density at radius 3 is 2.43 bits per heavy atom. The monoisotopic (exact) mass is 405 g/mol. The Morgan fingerprint density at radius 2 is 1.71 bits per heavy atom. The van der Waals surface area contributed by atoms with Gasteiger partial charge in [-0.2, -0.15) is 13.2 Å². The Bertz CT molecular complexity index is 975. The summed E-state index contributed by atoms with van der Waals surface area (Å²) in [7, 11) is 0. The number of alkyl halides is 3. The molecule has 3 aromatic carbocycles. The van der Waals surface area contributed by atoms with E-state index in [1.54, 1.807) is 12.1 Å². The van der Waals surface area contributed by atoms with Crippen LogP contribution in [0.3, 0.4) is 0 Å². The maximum atomic E-state index is 12.9. The smallest absolute Gasteiger partial charge is 0.416 e. The van der Waals surface area contributed by atoms with Crippen molar-refractivity contribution in [1.82, 2.24) is 0 Å². The van der Waals surface area contributed by atoms with E-state index in [0.29, 0.717) is 12.4 Å². The number of halogens is 4. The van der Waals surface area contributed by atoms with E-state index in [2.05, 4.69) is 5.32 Å². The summed E-state index contributed by atoms with van der Waals surface area (Å²) in [4.78, 5) is 12.4. The first-order chi connectivity index (χ1) is 13.3. The van der Waals surface area contributed by atoms with Crippen LogP contribution >= 0.6 is 11.6 Å². The molecule has 0 bridgehead atoms. The highest BCUT2D eigenvalue weighted by molar-refractivity contribution is 6.34. The first kappa shape index (κ1) is 19.8. The molecule has 0 aromatic heterocycles. The lowest BCUT2D eigenvalue weighted by atomic mass is 10.1. The lowest BCUT2D eigenvalue weighted by Gasteiger charge is -2.12. The second kappa shape index (κ2) is 8.35. The minimum Gasteiger partial charge on any atom is -0.489 e. The molecule has 0 saturated carbocycles. The van der Waals surface area contributed by atoms with Gasteiger partial charge in [0.1, 0.15) is 12.4 Å². The molecule has 0 aliphatic heterocycles. The van der Waals surface area contributed by atoms with E-state index in [9.17, 15) is 18.0 Å². The van der Waals surface area contributed by atoms with Gasteiger partial charge in [0, 0.05) is 5.56 Å². The van der Waals surface area contributed by atoms with Gasteiger partial charge in [-0.1, -0.05) is 48.0 Å². The standard InChI is InChI=1S/C21H15ClF3NO2/c22-18-10-9-16(21(23,24)25)12-19(18)26-20(27)15-7-4-8-17(11-15)28-13-14-5-2-1-3-6-14/h1-12H,13H2,(H,26,27). The van der Waals surface area contributed by atoms with Gasteiger partial charge in [-0.15, -0.1) is 0 Å². The molecular weight excluding hydrogens is 391 g/mol. The zero-order valence-electron chi connectivity index (χ0n) is 14.5. The molecule has 3 rings (SSSR count). The highest BCUT2D eigenvalue weighted by Gasteiger charge is 2.31. The van der Waals surface area contributed by atoms with Crippen molar-refractivity contribution in [1.29, 1.82) is 0 Å². The molecule has 0 atom stereocenters. The van der Waals surface area contributed by atoms with Crippen LogP contribution in [0, 0.1) is 0 Å². The first-order valence-electron chi connectivity index (χ1n) is 8.28. The van der Waals surface area contributed by atoms with Crippen LogP contribution in [0.1, 0.15) is 21.5 Å². The Balaban J connectivity index is 1.73. The van der Waals surface area contributed by atoms with Crippen LogP contribution in [0.25, 0.3) is 0 Å². The number of amides is 1. The number of rotatable bonds is 5. The van der Waals surface area contributed by atoms with Crippen LogP contribution in [0.4, 0.5) is 18.9 Å². The predicted octanol–water partition coefficient (Wildman–Crippen LogP) is 6.19. The fourth-order valence-corrected chi connectivity index (χ4v) is 2.62. The van der Waals surface area contributed by atoms with Gasteiger partial charge in [0.25, 0.3) is 5.91 Å². The van der Waals surface area contributed by atoms with Crippen molar-refractivity contribution in [2.45, 2.75) is 12.8 Å². The Kier molecular flexibility index (Phi) is 5.90. The van der Waals surface area contributed by atoms with E-state index in [4.69, 9.17) is 16.3 Å². The van der Waals surface area contributed by atoms with E-state index >= 15 is 0 Å². The van der Waals surface area contributed by atoms with Crippen LogP contribution in [0.2, 0.25) is 5.02 Å². The van der Waals surface area contributed by atoms with Crippen molar-refractivity contribution in [2.75, 3.05) is 5.32 Å². The average Bonchev–Trinajstić information content (AvgIpc) is 2.68. The number of carbonyl (C=O) groups is 1. The van der Waals surface area contributed by atoms with Crippen molar-refractivity contribution < 1.29 is 22.7 Å². The molecule has 0 aliphatic carbocycles. The summed E-state index contributed by atoms with van der Waals surface area (Å²) in [6.45, 7) is 0.325. The zero-order chi connectivity index (χ0) is 20.1. The summed E-state index contributed by atoms with van der Waals surface area (Å²) in [5, 5.41) is 2.43. The van der Waals surface area contributed by atoms with Crippen molar-refractivity contribution in [2.24, 2.45) is 0 Å². The maximum Gasteiger partial charge on any atom is 0.416 e. The molecule has 0 aliphatic rings. The van der Waals surface area contributed by atoms with Gasteiger partial charge < -0.3 is 10.1 Å². The molecule has 3 nitrogen and oxygen atoms in total. The van der Waals surface area contributed by atoms with Gasteiger partial charge in [-0.3, -0.25) is 4.79 Å². The van der Waals surface area contributed by atoms with Crippen molar-refractivity contribution in [3.8, 4) is 5.75 Å². The second-order valence-electron chi connectivity index (χ2n) is 5.95. The number of nitrogens with one attached hydrogen (secondary N) is 1. The Morgan fingerprint density at radius 1 is 0.964 bits per heavy atom. The largest absolute Gasteiger partial charge is 0.489 e. The quantitative estimate of drug-likeness (QED) is 0.549. The van der Waals surface area contributed by atoms with Gasteiger partial charge in [-0.25, -0.2) is 0 Å². The molecule has 0 radical (unpaired) electrons. The SMILES string of the molecule is O=C(Nc1cc(C(F)(F)F)ccc1Cl)c1cccc(OCc2ccccc2)c1. The third-order valence-corrected chi connectivity index (χ3v) is 4.22. The number of benzene rings is 3. The number of ether oxygens (including phenoxy) is 1. The van der Waals surface area contributed by atoms with Gasteiger partial charge in [-0.05, 0) is 42.0 Å². The number of anilines is 1. The van der Waals surface area contributed by atoms with E-state index in [-0.39, 0.29) is 16.3 Å². The molecule has 1 amide bonds. The molecule has 1 N–H and O–H groups in total. The van der Waals surface area contributed by atoms with Crippen LogP contribution < -0.4 is 10.1 Å². The zero-order valence-corrected chi connectivity index (χ0v) is 15.2. The molecule has 0 fully saturated rings. The summed E-state index contributed by atoms with van der Waals surface area (Å²) in [5.41, 5.74) is 0.191. The van der Waals surface area contributed by atoms with Crippen molar-refractivity contribution >= 4 is 23.2 Å². The Labute approximate surface area is 164 Å². The second-order valence-corrected chi connectivity index (χ2v) is 6.36. The molecule has 3 aromatic rings. The Hall–Kier alpha value is -2.99. The molecule has 144 valence electrons. The number of hydrogen-bond acceptors (Lipinski definition) is 2. The molecular formula is C21H15ClF3NO2. The van der Waals surface area contributed by atoms with Crippen LogP contribution in [0.5, 0.6) is 5.75 Å². The summed E-state index contributed by atoms with van der Waals surface area (Å²) in [5.74, 6) is -0.127. The topological polar surface area (TPSA) is 38.3 Å². The van der Waals surface area contributed by atoms with Crippen LogP contribution in [-0.2, 0) is 12.8 Å². The number of hydrogen-bond donors (Lipinski definition) is 1. The summed E-state index contributed by atoms with van der Waals surface area (Å²) >= 11 is 5.92. The van der Waals surface area contributed by atoms with E-state index in [1.807, 2.05) is 30.3 Å². The lowest BCUT2D eigenvalue weighted by molar-refractivity contribution is -0.137. The van der Waals surface area contributed by atoms with Crippen molar-refractivity contribution in [3.05, 3.63) is 94.5 Å². The molecule has 0 heterocycles. The fourth-order valence-electron chi connectivity index (χ4n) is 2.46. The van der Waals surface area contributed by atoms with Gasteiger partial charge >= 0.3 is 6.18 Å². The minimum atomic E-state index is -4.53.